The van der Waals surface area contributed by atoms with Crippen LogP contribution in [0.4, 0.5) is 5.82 Å². The number of para-hydroxylation sites is 1. The van der Waals surface area contributed by atoms with Crippen LogP contribution in [0.15, 0.2) is 30.7 Å². The number of rotatable bonds is 2. The van der Waals surface area contributed by atoms with E-state index in [0.717, 1.165) is 15.9 Å². The molecule has 0 aliphatic heterocycles. The van der Waals surface area contributed by atoms with Crippen LogP contribution in [0.2, 0.25) is 5.02 Å². The van der Waals surface area contributed by atoms with Crippen LogP contribution in [-0.4, -0.2) is 25.5 Å². The number of amides is 1. The van der Waals surface area contributed by atoms with Crippen molar-refractivity contribution in [2.45, 2.75) is 6.92 Å². The maximum Gasteiger partial charge on any atom is 0.268 e. The molecule has 0 unspecified atom stereocenters. The van der Waals surface area contributed by atoms with Gasteiger partial charge in [-0.25, -0.2) is 4.98 Å². The molecule has 0 aliphatic rings. The number of imidazole rings is 1. The van der Waals surface area contributed by atoms with Crippen molar-refractivity contribution in [3.63, 3.8) is 0 Å². The number of benzene rings is 1. The molecule has 0 radical (unpaired) electrons. The Morgan fingerprint density at radius 1 is 1.45 bits per heavy atom. The average molecular weight is 332 g/mol. The molecule has 4 rings (SSSR count). The SMILES string of the molecule is Cc1c(C(=O)Nc2n[nH]c3c(Cl)cccc23)sc2cncn12. The summed E-state index contributed by atoms with van der Waals surface area (Å²) in [6, 6.07) is 5.45. The topological polar surface area (TPSA) is 75.1 Å². The van der Waals surface area contributed by atoms with E-state index < -0.39 is 0 Å². The van der Waals surface area contributed by atoms with Crippen molar-refractivity contribution in [2.24, 2.45) is 0 Å². The highest BCUT2D eigenvalue weighted by Crippen LogP contribution is 2.28. The molecule has 0 spiro atoms. The number of H-pyrrole nitrogens is 1. The summed E-state index contributed by atoms with van der Waals surface area (Å²) in [5.74, 6) is 0.276. The molecule has 0 fully saturated rings. The molecule has 1 aromatic carbocycles. The summed E-state index contributed by atoms with van der Waals surface area (Å²) in [4.78, 5) is 18.1. The molecule has 0 atom stereocenters. The maximum absolute atomic E-state index is 12.5. The third-order valence-electron chi connectivity index (χ3n) is 3.49. The quantitative estimate of drug-likeness (QED) is 0.590. The monoisotopic (exact) mass is 331 g/mol. The van der Waals surface area contributed by atoms with Gasteiger partial charge in [-0.1, -0.05) is 17.7 Å². The fourth-order valence-corrected chi connectivity index (χ4v) is 3.59. The van der Waals surface area contributed by atoms with Gasteiger partial charge in [0, 0.05) is 11.1 Å². The summed E-state index contributed by atoms with van der Waals surface area (Å²) >= 11 is 7.49. The zero-order chi connectivity index (χ0) is 15.3. The molecule has 0 saturated carbocycles. The van der Waals surface area contributed by atoms with Gasteiger partial charge in [-0.3, -0.25) is 14.3 Å². The van der Waals surface area contributed by atoms with Crippen molar-refractivity contribution in [3.8, 4) is 0 Å². The van der Waals surface area contributed by atoms with Gasteiger partial charge in [0.25, 0.3) is 5.91 Å². The van der Waals surface area contributed by atoms with E-state index in [1.807, 2.05) is 23.5 Å². The molecule has 2 N–H and O–H groups in total. The number of hydrogen-bond donors (Lipinski definition) is 2. The van der Waals surface area contributed by atoms with Crippen LogP contribution in [0.25, 0.3) is 15.7 Å². The molecule has 1 amide bonds. The summed E-state index contributed by atoms with van der Waals surface area (Å²) in [5, 5.41) is 11.2. The minimum absolute atomic E-state index is 0.195. The third kappa shape index (κ3) is 1.90. The zero-order valence-electron chi connectivity index (χ0n) is 11.4. The Morgan fingerprint density at radius 2 is 2.32 bits per heavy atom. The van der Waals surface area contributed by atoms with Crippen molar-refractivity contribution >= 4 is 50.4 Å². The van der Waals surface area contributed by atoms with Crippen molar-refractivity contribution < 1.29 is 4.79 Å². The molecule has 3 heterocycles. The van der Waals surface area contributed by atoms with E-state index in [9.17, 15) is 4.79 Å². The first-order chi connectivity index (χ1) is 10.6. The first-order valence-corrected chi connectivity index (χ1v) is 7.70. The lowest BCUT2D eigenvalue weighted by molar-refractivity contribution is 0.102. The zero-order valence-corrected chi connectivity index (χ0v) is 13.0. The molecule has 110 valence electrons. The molecule has 8 heteroatoms. The molecule has 0 aliphatic carbocycles. The lowest BCUT2D eigenvalue weighted by Crippen LogP contribution is -2.12. The number of anilines is 1. The smallest absolute Gasteiger partial charge is 0.268 e. The minimum atomic E-state index is -0.195. The van der Waals surface area contributed by atoms with Gasteiger partial charge in [-0.2, -0.15) is 5.10 Å². The second-order valence-electron chi connectivity index (χ2n) is 4.81. The maximum atomic E-state index is 12.5. The Morgan fingerprint density at radius 3 is 3.14 bits per heavy atom. The van der Waals surface area contributed by atoms with Gasteiger partial charge in [-0.15, -0.1) is 11.3 Å². The van der Waals surface area contributed by atoms with Crippen LogP contribution in [0.3, 0.4) is 0 Å². The van der Waals surface area contributed by atoms with E-state index in [2.05, 4.69) is 20.5 Å². The van der Waals surface area contributed by atoms with Crippen LogP contribution >= 0.6 is 22.9 Å². The largest absolute Gasteiger partial charge is 0.304 e. The van der Waals surface area contributed by atoms with Gasteiger partial charge < -0.3 is 5.32 Å². The Hall–Kier alpha value is -2.38. The number of nitrogens with one attached hydrogen (secondary N) is 2. The lowest BCUT2D eigenvalue weighted by atomic mass is 10.2. The Labute approximate surface area is 133 Å². The van der Waals surface area contributed by atoms with E-state index in [4.69, 9.17) is 11.6 Å². The van der Waals surface area contributed by atoms with Crippen molar-refractivity contribution in [1.29, 1.82) is 0 Å². The number of thiazole rings is 1. The van der Waals surface area contributed by atoms with Crippen LogP contribution < -0.4 is 5.32 Å². The van der Waals surface area contributed by atoms with E-state index >= 15 is 0 Å². The number of hydrogen-bond acceptors (Lipinski definition) is 4. The molecule has 3 aromatic heterocycles. The van der Waals surface area contributed by atoms with Crippen LogP contribution in [0, 0.1) is 6.92 Å². The van der Waals surface area contributed by atoms with Crippen molar-refractivity contribution in [2.75, 3.05) is 5.32 Å². The van der Waals surface area contributed by atoms with Crippen LogP contribution in [0.1, 0.15) is 15.4 Å². The molecule has 4 aromatic rings. The lowest BCUT2D eigenvalue weighted by Gasteiger charge is -2.01. The van der Waals surface area contributed by atoms with Crippen molar-refractivity contribution in [3.05, 3.63) is 46.3 Å². The second kappa shape index (κ2) is 4.82. The number of fused-ring (bicyclic) bond motifs is 2. The van der Waals surface area contributed by atoms with Gasteiger partial charge in [-0.05, 0) is 19.1 Å². The molecular weight excluding hydrogens is 322 g/mol. The van der Waals surface area contributed by atoms with Gasteiger partial charge in [0.1, 0.15) is 16.0 Å². The molecule has 0 saturated heterocycles. The number of carbonyl (C=O) groups is 1. The van der Waals surface area contributed by atoms with Gasteiger partial charge in [0.15, 0.2) is 5.82 Å². The minimum Gasteiger partial charge on any atom is -0.304 e. The summed E-state index contributed by atoms with van der Waals surface area (Å²) in [5.41, 5.74) is 1.56. The molecule has 0 bridgehead atoms. The highest BCUT2D eigenvalue weighted by molar-refractivity contribution is 7.19. The second-order valence-corrected chi connectivity index (χ2v) is 6.25. The summed E-state index contributed by atoms with van der Waals surface area (Å²) in [7, 11) is 0. The summed E-state index contributed by atoms with van der Waals surface area (Å²) in [6.45, 7) is 1.89. The van der Waals surface area contributed by atoms with E-state index in [1.54, 1.807) is 18.6 Å². The highest BCUT2D eigenvalue weighted by Gasteiger charge is 2.18. The highest BCUT2D eigenvalue weighted by atomic mass is 35.5. The van der Waals surface area contributed by atoms with Gasteiger partial charge in [0.05, 0.1) is 16.7 Å². The Kier molecular flexibility index (Phi) is 2.91. The van der Waals surface area contributed by atoms with E-state index in [-0.39, 0.29) is 5.91 Å². The number of carbonyl (C=O) groups excluding carboxylic acids is 1. The Balaban J connectivity index is 1.72. The number of aromatic nitrogens is 4. The Bertz CT molecular complexity index is 1010. The van der Waals surface area contributed by atoms with Crippen molar-refractivity contribution in [1.82, 2.24) is 19.6 Å². The number of aryl methyl sites for hydroxylation is 1. The first-order valence-electron chi connectivity index (χ1n) is 6.50. The average Bonchev–Trinajstić information content (AvgIpc) is 3.17. The molecule has 6 nitrogen and oxygen atoms in total. The number of halogens is 1. The number of aromatic amines is 1. The fourth-order valence-electron chi connectivity index (χ4n) is 2.38. The summed E-state index contributed by atoms with van der Waals surface area (Å²) in [6.07, 6.45) is 3.43. The first kappa shape index (κ1) is 13.3. The predicted octanol–water partition coefficient (Wildman–Crippen LogP) is 3.49. The standard InChI is InChI=1S/C14H10ClN5OS/c1-7-12(22-10-5-16-6-20(7)10)14(21)17-13-8-3-2-4-9(15)11(8)18-19-13/h2-6H,1H3,(H2,17,18,19,21). The fraction of sp³-hybridized carbons (Fsp3) is 0.0714. The van der Waals surface area contributed by atoms with E-state index in [0.29, 0.717) is 21.2 Å². The van der Waals surface area contributed by atoms with E-state index in [1.165, 1.54) is 11.3 Å². The summed E-state index contributed by atoms with van der Waals surface area (Å²) < 4.78 is 1.89. The third-order valence-corrected chi connectivity index (χ3v) is 5.00. The van der Waals surface area contributed by atoms with Gasteiger partial charge in [0.2, 0.25) is 0 Å². The molecular formula is C14H10ClN5OS. The predicted molar refractivity (Wildman–Crippen MR) is 86.9 cm³/mol. The molecule has 22 heavy (non-hydrogen) atoms. The van der Waals surface area contributed by atoms with Crippen LogP contribution in [-0.2, 0) is 0 Å². The van der Waals surface area contributed by atoms with Gasteiger partial charge >= 0.3 is 0 Å². The van der Waals surface area contributed by atoms with Crippen LogP contribution in [0.5, 0.6) is 0 Å². The normalized spacial score (nSPS) is 11.4. The number of nitrogens with zero attached hydrogens (tertiary/aromatic N) is 3.